The molecule has 1 aromatic carbocycles. The van der Waals surface area contributed by atoms with Gasteiger partial charge in [0.25, 0.3) is 0 Å². The maximum absolute atomic E-state index is 10.6. The molecule has 3 nitrogen and oxygen atoms in total. The molecule has 0 saturated carbocycles. The van der Waals surface area contributed by atoms with Crippen molar-refractivity contribution in [3.8, 4) is 17.6 Å². The molecule has 0 saturated heterocycles. The van der Waals surface area contributed by atoms with Gasteiger partial charge in [0, 0.05) is 12.5 Å². The fourth-order valence-electron chi connectivity index (χ4n) is 1.21. The van der Waals surface area contributed by atoms with Gasteiger partial charge in [-0.2, -0.15) is 0 Å². The Balaban J connectivity index is 2.70. The first-order valence-electron chi connectivity index (χ1n) is 5.01. The summed E-state index contributed by atoms with van der Waals surface area (Å²) in [5.74, 6) is 6.58. The molecule has 1 N–H and O–H groups in total. The third kappa shape index (κ3) is 3.66. The first-order valence-corrected chi connectivity index (χ1v) is 5.01. The highest BCUT2D eigenvalue weighted by atomic mass is 16.5. The minimum atomic E-state index is -0.0733. The Bertz CT molecular complexity index is 441. The van der Waals surface area contributed by atoms with Crippen molar-refractivity contribution in [1.82, 2.24) is 5.32 Å². The van der Waals surface area contributed by atoms with E-state index in [1.807, 2.05) is 25.1 Å². The van der Waals surface area contributed by atoms with Crippen LogP contribution in [0.15, 0.2) is 18.2 Å². The molecule has 0 atom stereocenters. The molecule has 0 aliphatic carbocycles. The number of carbonyl (C=O) groups is 1. The Morgan fingerprint density at radius 1 is 1.50 bits per heavy atom. The van der Waals surface area contributed by atoms with E-state index in [1.165, 1.54) is 6.92 Å². The second-order valence-corrected chi connectivity index (χ2v) is 3.40. The van der Waals surface area contributed by atoms with Crippen LogP contribution >= 0.6 is 0 Å². The highest BCUT2D eigenvalue weighted by molar-refractivity contribution is 5.73. The van der Waals surface area contributed by atoms with Crippen LogP contribution in [0.3, 0.4) is 0 Å². The van der Waals surface area contributed by atoms with Crippen LogP contribution in [0.25, 0.3) is 0 Å². The summed E-state index contributed by atoms with van der Waals surface area (Å²) in [5, 5.41) is 2.61. The van der Waals surface area contributed by atoms with Gasteiger partial charge in [-0.05, 0) is 24.6 Å². The molecule has 0 fully saturated rings. The lowest BCUT2D eigenvalue weighted by molar-refractivity contribution is -0.118. The van der Waals surface area contributed by atoms with E-state index in [2.05, 4.69) is 17.2 Å². The van der Waals surface area contributed by atoms with E-state index in [9.17, 15) is 4.79 Å². The van der Waals surface area contributed by atoms with Crippen molar-refractivity contribution in [2.45, 2.75) is 13.8 Å². The SMILES string of the molecule is COc1cc(C#CCNC(C)=O)ccc1C. The van der Waals surface area contributed by atoms with Gasteiger partial charge in [-0.3, -0.25) is 4.79 Å². The Kier molecular flexibility index (Phi) is 4.41. The van der Waals surface area contributed by atoms with Crippen molar-refractivity contribution >= 4 is 5.91 Å². The maximum atomic E-state index is 10.6. The third-order valence-corrected chi connectivity index (χ3v) is 2.07. The van der Waals surface area contributed by atoms with Crippen molar-refractivity contribution in [3.63, 3.8) is 0 Å². The van der Waals surface area contributed by atoms with Gasteiger partial charge in [-0.1, -0.05) is 17.9 Å². The molecule has 0 spiro atoms. The predicted molar refractivity (Wildman–Crippen MR) is 63.3 cm³/mol. The van der Waals surface area contributed by atoms with E-state index in [-0.39, 0.29) is 5.91 Å². The van der Waals surface area contributed by atoms with Crippen LogP contribution in [0.2, 0.25) is 0 Å². The molecule has 0 aliphatic heterocycles. The number of methoxy groups -OCH3 is 1. The summed E-state index contributed by atoms with van der Waals surface area (Å²) in [5.41, 5.74) is 1.96. The number of carbonyl (C=O) groups excluding carboxylic acids is 1. The standard InChI is InChI=1S/C13H15NO2/c1-10-6-7-12(9-13(10)16-3)5-4-8-14-11(2)15/h6-7,9H,8H2,1-3H3,(H,14,15). The summed E-state index contributed by atoms with van der Waals surface area (Å²) in [7, 11) is 1.64. The van der Waals surface area contributed by atoms with Gasteiger partial charge in [0.05, 0.1) is 13.7 Å². The Labute approximate surface area is 95.8 Å². The molecule has 1 aromatic rings. The van der Waals surface area contributed by atoms with Crippen LogP contribution < -0.4 is 10.1 Å². The largest absolute Gasteiger partial charge is 0.496 e. The molecular formula is C13H15NO2. The zero-order valence-electron chi connectivity index (χ0n) is 9.76. The normalized spacial score (nSPS) is 8.94. The number of benzene rings is 1. The van der Waals surface area contributed by atoms with Crippen LogP contribution in [0.4, 0.5) is 0 Å². The average molecular weight is 217 g/mol. The molecule has 3 heteroatoms. The smallest absolute Gasteiger partial charge is 0.217 e. The van der Waals surface area contributed by atoms with Gasteiger partial charge in [0.1, 0.15) is 5.75 Å². The van der Waals surface area contributed by atoms with Gasteiger partial charge in [0.2, 0.25) is 5.91 Å². The van der Waals surface area contributed by atoms with Crippen molar-refractivity contribution in [3.05, 3.63) is 29.3 Å². The van der Waals surface area contributed by atoms with Crippen LogP contribution in [-0.2, 0) is 4.79 Å². The van der Waals surface area contributed by atoms with Crippen molar-refractivity contribution < 1.29 is 9.53 Å². The number of hydrogen-bond acceptors (Lipinski definition) is 2. The van der Waals surface area contributed by atoms with E-state index >= 15 is 0 Å². The molecule has 0 aromatic heterocycles. The first kappa shape index (κ1) is 12.1. The minimum absolute atomic E-state index is 0.0733. The van der Waals surface area contributed by atoms with E-state index in [0.717, 1.165) is 16.9 Å². The van der Waals surface area contributed by atoms with Crippen LogP contribution in [0, 0.1) is 18.8 Å². The van der Waals surface area contributed by atoms with Gasteiger partial charge >= 0.3 is 0 Å². The topological polar surface area (TPSA) is 38.3 Å². The van der Waals surface area contributed by atoms with Gasteiger partial charge in [0.15, 0.2) is 0 Å². The summed E-state index contributed by atoms with van der Waals surface area (Å²) in [6, 6.07) is 5.77. The Morgan fingerprint density at radius 2 is 2.25 bits per heavy atom. The Morgan fingerprint density at radius 3 is 2.88 bits per heavy atom. The lowest BCUT2D eigenvalue weighted by atomic mass is 10.1. The summed E-state index contributed by atoms with van der Waals surface area (Å²) in [6.07, 6.45) is 0. The summed E-state index contributed by atoms with van der Waals surface area (Å²) < 4.78 is 5.19. The highest BCUT2D eigenvalue weighted by Crippen LogP contribution is 2.18. The first-order chi connectivity index (χ1) is 7.63. The van der Waals surface area contributed by atoms with E-state index in [4.69, 9.17) is 4.74 Å². The van der Waals surface area contributed by atoms with Gasteiger partial charge in [-0.25, -0.2) is 0 Å². The van der Waals surface area contributed by atoms with Crippen molar-refractivity contribution in [2.75, 3.05) is 13.7 Å². The lowest BCUT2D eigenvalue weighted by Gasteiger charge is -2.03. The fourth-order valence-corrected chi connectivity index (χ4v) is 1.21. The van der Waals surface area contributed by atoms with Crippen molar-refractivity contribution in [2.24, 2.45) is 0 Å². The molecule has 0 bridgehead atoms. The van der Waals surface area contributed by atoms with E-state index in [0.29, 0.717) is 6.54 Å². The second-order valence-electron chi connectivity index (χ2n) is 3.40. The third-order valence-electron chi connectivity index (χ3n) is 2.07. The zero-order valence-corrected chi connectivity index (χ0v) is 9.76. The average Bonchev–Trinajstić information content (AvgIpc) is 2.26. The quantitative estimate of drug-likeness (QED) is 0.762. The minimum Gasteiger partial charge on any atom is -0.496 e. The van der Waals surface area contributed by atoms with Gasteiger partial charge in [-0.15, -0.1) is 0 Å². The predicted octanol–water partition coefficient (Wildman–Crippen LogP) is 1.49. The zero-order chi connectivity index (χ0) is 12.0. The molecule has 0 unspecified atom stereocenters. The lowest BCUT2D eigenvalue weighted by Crippen LogP contribution is -2.19. The molecule has 0 radical (unpaired) electrons. The fraction of sp³-hybridized carbons (Fsp3) is 0.308. The number of ether oxygens (including phenoxy) is 1. The van der Waals surface area contributed by atoms with Crippen LogP contribution in [0.1, 0.15) is 18.1 Å². The number of nitrogens with one attached hydrogen (secondary N) is 1. The molecule has 16 heavy (non-hydrogen) atoms. The number of amides is 1. The number of hydrogen-bond donors (Lipinski definition) is 1. The van der Waals surface area contributed by atoms with E-state index in [1.54, 1.807) is 7.11 Å². The monoisotopic (exact) mass is 217 g/mol. The van der Waals surface area contributed by atoms with Crippen LogP contribution in [0.5, 0.6) is 5.75 Å². The molecule has 0 heterocycles. The van der Waals surface area contributed by atoms with Crippen molar-refractivity contribution in [1.29, 1.82) is 0 Å². The molecular weight excluding hydrogens is 202 g/mol. The molecule has 1 rings (SSSR count). The number of aryl methyl sites for hydroxylation is 1. The van der Waals surface area contributed by atoms with E-state index < -0.39 is 0 Å². The highest BCUT2D eigenvalue weighted by Gasteiger charge is 1.97. The molecule has 84 valence electrons. The summed E-state index contributed by atoms with van der Waals surface area (Å²) in [6.45, 7) is 3.81. The van der Waals surface area contributed by atoms with Crippen LogP contribution in [-0.4, -0.2) is 19.6 Å². The molecule has 1 amide bonds. The maximum Gasteiger partial charge on any atom is 0.217 e. The molecule has 0 aliphatic rings. The summed E-state index contributed by atoms with van der Waals surface area (Å²) in [4.78, 5) is 10.6. The van der Waals surface area contributed by atoms with Gasteiger partial charge < -0.3 is 10.1 Å². The second kappa shape index (κ2) is 5.82. The number of rotatable bonds is 2. The Hall–Kier alpha value is -1.95. The summed E-state index contributed by atoms with van der Waals surface area (Å²) >= 11 is 0.